The predicted octanol–water partition coefficient (Wildman–Crippen LogP) is 4.46. The summed E-state index contributed by atoms with van der Waals surface area (Å²) in [5, 5.41) is 6.67. The highest BCUT2D eigenvalue weighted by molar-refractivity contribution is 6.30. The van der Waals surface area contributed by atoms with Crippen molar-refractivity contribution in [2.75, 3.05) is 12.3 Å². The van der Waals surface area contributed by atoms with Gasteiger partial charge in [0.15, 0.2) is 11.4 Å². The Morgan fingerprint density at radius 1 is 1.21 bits per heavy atom. The highest BCUT2D eigenvalue weighted by Gasteiger charge is 2.40. The number of alkyl halides is 3. The zero-order valence-corrected chi connectivity index (χ0v) is 15.7. The number of aromatic nitrogens is 2. The van der Waals surface area contributed by atoms with E-state index in [4.69, 9.17) is 22.1 Å². The summed E-state index contributed by atoms with van der Waals surface area (Å²) in [6.45, 7) is 0.159. The number of hydrogen-bond donors (Lipinski definition) is 2. The van der Waals surface area contributed by atoms with Gasteiger partial charge in [-0.05, 0) is 48.4 Å². The summed E-state index contributed by atoms with van der Waals surface area (Å²) in [6, 6.07) is 12.7. The standard InChI is InChI=1S/C19H16ClF3N4O2/c20-13-3-1-2-12(10-13)8-9-25-18(28)29-16-11-26-27(17(16)19(21,22)23)15-6-4-14(24)5-7-15/h1-7,10-11H,8-9,24H2,(H,25,28). The van der Waals surface area contributed by atoms with E-state index in [0.717, 1.165) is 11.8 Å². The topological polar surface area (TPSA) is 82.2 Å². The Bertz CT molecular complexity index is 1000. The molecular formula is C19H16ClF3N4O2. The van der Waals surface area contributed by atoms with Crippen molar-refractivity contribution in [1.29, 1.82) is 0 Å². The lowest BCUT2D eigenvalue weighted by atomic mass is 10.1. The molecule has 3 aromatic rings. The van der Waals surface area contributed by atoms with E-state index in [9.17, 15) is 18.0 Å². The molecule has 0 saturated heterocycles. The number of ether oxygens (including phenoxy) is 1. The summed E-state index contributed by atoms with van der Waals surface area (Å²) < 4.78 is 46.2. The van der Waals surface area contributed by atoms with Crippen LogP contribution in [0.5, 0.6) is 5.75 Å². The van der Waals surface area contributed by atoms with Crippen LogP contribution in [0.1, 0.15) is 11.3 Å². The molecule has 29 heavy (non-hydrogen) atoms. The van der Waals surface area contributed by atoms with Gasteiger partial charge in [-0.3, -0.25) is 0 Å². The summed E-state index contributed by atoms with van der Waals surface area (Å²) >= 11 is 5.88. The average Bonchev–Trinajstić information content (AvgIpc) is 3.06. The first-order valence-corrected chi connectivity index (χ1v) is 8.83. The highest BCUT2D eigenvalue weighted by Crippen LogP contribution is 2.37. The van der Waals surface area contributed by atoms with Crippen LogP contribution in [0.25, 0.3) is 5.69 Å². The van der Waals surface area contributed by atoms with Crippen molar-refractivity contribution >= 4 is 23.4 Å². The van der Waals surface area contributed by atoms with Gasteiger partial charge in [-0.1, -0.05) is 23.7 Å². The molecule has 0 radical (unpaired) electrons. The van der Waals surface area contributed by atoms with E-state index in [2.05, 4.69) is 10.4 Å². The maximum Gasteiger partial charge on any atom is 0.437 e. The van der Waals surface area contributed by atoms with Crippen LogP contribution >= 0.6 is 11.6 Å². The zero-order chi connectivity index (χ0) is 21.0. The molecule has 1 amide bonds. The van der Waals surface area contributed by atoms with Crippen molar-refractivity contribution in [2.24, 2.45) is 0 Å². The molecule has 1 heterocycles. The maximum absolute atomic E-state index is 13.6. The van der Waals surface area contributed by atoms with Gasteiger partial charge in [0.25, 0.3) is 0 Å². The van der Waals surface area contributed by atoms with E-state index in [-0.39, 0.29) is 12.2 Å². The number of nitrogens with one attached hydrogen (secondary N) is 1. The minimum absolute atomic E-state index is 0.128. The van der Waals surface area contributed by atoms with E-state index in [1.165, 1.54) is 24.3 Å². The molecule has 10 heteroatoms. The van der Waals surface area contributed by atoms with Crippen molar-refractivity contribution in [2.45, 2.75) is 12.6 Å². The lowest BCUT2D eigenvalue weighted by molar-refractivity contribution is -0.143. The van der Waals surface area contributed by atoms with Gasteiger partial charge in [-0.15, -0.1) is 0 Å². The largest absolute Gasteiger partial charge is 0.437 e. The third-order valence-corrected chi connectivity index (χ3v) is 4.15. The molecule has 0 atom stereocenters. The molecule has 6 nitrogen and oxygen atoms in total. The molecule has 2 aromatic carbocycles. The number of anilines is 1. The number of carbonyl (C=O) groups excluding carboxylic acids is 1. The second-order valence-corrected chi connectivity index (χ2v) is 6.49. The Labute approximate surface area is 169 Å². The Kier molecular flexibility index (Phi) is 5.97. The Morgan fingerprint density at radius 3 is 2.59 bits per heavy atom. The van der Waals surface area contributed by atoms with Gasteiger partial charge in [0.1, 0.15) is 0 Å². The fourth-order valence-corrected chi connectivity index (χ4v) is 2.83. The molecule has 3 N–H and O–H groups in total. The number of amides is 1. The number of hydrogen-bond acceptors (Lipinski definition) is 4. The van der Waals surface area contributed by atoms with Crippen molar-refractivity contribution < 1.29 is 22.7 Å². The molecule has 152 valence electrons. The third-order valence-electron chi connectivity index (χ3n) is 3.92. The molecule has 0 fully saturated rings. The van der Waals surface area contributed by atoms with Crippen LogP contribution in [0.2, 0.25) is 5.02 Å². The molecule has 0 aliphatic heterocycles. The molecule has 0 spiro atoms. The number of nitrogen functional groups attached to an aromatic ring is 1. The number of carbonyl (C=O) groups is 1. The normalized spacial score (nSPS) is 11.3. The highest BCUT2D eigenvalue weighted by atomic mass is 35.5. The van der Waals surface area contributed by atoms with Crippen molar-refractivity contribution in [3.05, 3.63) is 71.0 Å². The van der Waals surface area contributed by atoms with Crippen LogP contribution in [-0.2, 0) is 12.6 Å². The van der Waals surface area contributed by atoms with Gasteiger partial charge in [-0.25, -0.2) is 9.48 Å². The lowest BCUT2D eigenvalue weighted by Gasteiger charge is -2.13. The first-order chi connectivity index (χ1) is 13.7. The lowest BCUT2D eigenvalue weighted by Crippen LogP contribution is -2.29. The van der Waals surface area contributed by atoms with Crippen molar-refractivity contribution in [3.8, 4) is 11.4 Å². The fraction of sp³-hybridized carbons (Fsp3) is 0.158. The number of halogens is 4. The maximum atomic E-state index is 13.6. The average molecular weight is 425 g/mol. The minimum Gasteiger partial charge on any atom is -0.406 e. The van der Waals surface area contributed by atoms with E-state index >= 15 is 0 Å². The molecule has 0 saturated carbocycles. The van der Waals surface area contributed by atoms with Crippen LogP contribution in [-0.4, -0.2) is 22.4 Å². The number of rotatable bonds is 5. The summed E-state index contributed by atoms with van der Waals surface area (Å²) in [5.74, 6) is -0.699. The summed E-state index contributed by atoms with van der Waals surface area (Å²) in [4.78, 5) is 12.0. The molecule has 3 rings (SSSR count). The van der Waals surface area contributed by atoms with Gasteiger partial charge < -0.3 is 15.8 Å². The van der Waals surface area contributed by atoms with E-state index in [1.807, 2.05) is 6.07 Å². The molecule has 0 aliphatic rings. The van der Waals surface area contributed by atoms with Crippen LogP contribution in [0, 0.1) is 0 Å². The second-order valence-electron chi connectivity index (χ2n) is 6.05. The molecule has 1 aromatic heterocycles. The van der Waals surface area contributed by atoms with Crippen LogP contribution in [0.4, 0.5) is 23.7 Å². The van der Waals surface area contributed by atoms with Crippen LogP contribution in [0.3, 0.4) is 0 Å². The number of nitrogens with two attached hydrogens (primary N) is 1. The zero-order valence-electron chi connectivity index (χ0n) is 14.9. The van der Waals surface area contributed by atoms with Crippen molar-refractivity contribution in [3.63, 3.8) is 0 Å². The SMILES string of the molecule is Nc1ccc(-n2ncc(OC(=O)NCCc3cccc(Cl)c3)c2C(F)(F)F)cc1. The van der Waals surface area contributed by atoms with Gasteiger partial charge in [0.2, 0.25) is 0 Å². The van der Waals surface area contributed by atoms with Crippen molar-refractivity contribution in [1.82, 2.24) is 15.1 Å². The smallest absolute Gasteiger partial charge is 0.406 e. The summed E-state index contributed by atoms with van der Waals surface area (Å²) in [7, 11) is 0. The molecular weight excluding hydrogens is 409 g/mol. The van der Waals surface area contributed by atoms with Gasteiger partial charge >= 0.3 is 12.3 Å². The summed E-state index contributed by atoms with van der Waals surface area (Å²) in [6.07, 6.45) is -4.54. The first kappa shape index (κ1) is 20.5. The molecule has 0 unspecified atom stereocenters. The van der Waals surface area contributed by atoms with Gasteiger partial charge in [0, 0.05) is 17.3 Å². The second kappa shape index (κ2) is 8.44. The Hall–Kier alpha value is -3.20. The quantitative estimate of drug-likeness (QED) is 0.592. The van der Waals surface area contributed by atoms with Crippen LogP contribution in [0.15, 0.2) is 54.7 Å². The third kappa shape index (κ3) is 5.20. The molecule has 0 aliphatic carbocycles. The Morgan fingerprint density at radius 2 is 1.93 bits per heavy atom. The Balaban J connectivity index is 1.71. The van der Waals surface area contributed by atoms with Gasteiger partial charge in [0.05, 0.1) is 11.9 Å². The van der Waals surface area contributed by atoms with E-state index < -0.39 is 23.7 Å². The minimum atomic E-state index is -4.80. The number of nitrogens with zero attached hydrogens (tertiary/aromatic N) is 2. The van der Waals surface area contributed by atoms with Crippen LogP contribution < -0.4 is 15.8 Å². The molecule has 0 bridgehead atoms. The number of benzene rings is 2. The first-order valence-electron chi connectivity index (χ1n) is 8.45. The monoisotopic (exact) mass is 424 g/mol. The fourth-order valence-electron chi connectivity index (χ4n) is 2.62. The van der Waals surface area contributed by atoms with E-state index in [0.29, 0.717) is 21.8 Å². The van der Waals surface area contributed by atoms with Gasteiger partial charge in [-0.2, -0.15) is 18.3 Å². The van der Waals surface area contributed by atoms with E-state index in [1.54, 1.807) is 18.2 Å². The predicted molar refractivity (Wildman–Crippen MR) is 102 cm³/mol. The summed E-state index contributed by atoms with van der Waals surface area (Å²) in [5.41, 5.74) is 5.74.